The fraction of sp³-hybridized carbons (Fsp3) is 0.556. The summed E-state index contributed by atoms with van der Waals surface area (Å²) in [5.74, 6) is 1.39. The van der Waals surface area contributed by atoms with Gasteiger partial charge in [0.1, 0.15) is 5.75 Å². The van der Waals surface area contributed by atoms with Crippen molar-refractivity contribution in [3.8, 4) is 5.75 Å². The summed E-state index contributed by atoms with van der Waals surface area (Å²) in [4.78, 5) is 16.7. The van der Waals surface area contributed by atoms with Crippen molar-refractivity contribution < 1.29 is 9.53 Å². The van der Waals surface area contributed by atoms with Crippen LogP contribution in [0, 0.1) is 5.41 Å². The van der Waals surface area contributed by atoms with E-state index in [0.29, 0.717) is 25.7 Å². The molecule has 0 radical (unpaired) electrons. The predicted molar refractivity (Wildman–Crippen MR) is 93.9 cm³/mol. The molecule has 1 aliphatic carbocycles. The minimum Gasteiger partial charge on any atom is -0.493 e. The molecule has 1 fully saturated rings. The van der Waals surface area contributed by atoms with Crippen LogP contribution >= 0.6 is 0 Å². The second-order valence-electron chi connectivity index (χ2n) is 6.57. The van der Waals surface area contributed by atoms with Gasteiger partial charge in [-0.3, -0.25) is 9.79 Å². The third-order valence-electron chi connectivity index (χ3n) is 4.96. The fourth-order valence-electron chi connectivity index (χ4n) is 3.36. The molecular weight excluding hydrogens is 304 g/mol. The number of guanidine groups is 1. The van der Waals surface area contributed by atoms with Crippen LogP contribution in [-0.2, 0) is 4.79 Å². The zero-order valence-corrected chi connectivity index (χ0v) is 14.2. The topological polar surface area (TPSA) is 88.7 Å². The highest BCUT2D eigenvalue weighted by atomic mass is 16.5. The number of hydrogen-bond donors (Lipinski definition) is 3. The van der Waals surface area contributed by atoms with Crippen LogP contribution in [0.15, 0.2) is 29.3 Å². The van der Waals surface area contributed by atoms with Gasteiger partial charge in [0.05, 0.1) is 24.6 Å². The van der Waals surface area contributed by atoms with Crippen LogP contribution in [0.2, 0.25) is 0 Å². The number of fused-ring (bicyclic) bond motifs is 1. The van der Waals surface area contributed by atoms with Crippen LogP contribution in [0.3, 0.4) is 0 Å². The highest BCUT2D eigenvalue weighted by Crippen LogP contribution is 2.41. The largest absolute Gasteiger partial charge is 0.493 e. The lowest BCUT2D eigenvalue weighted by Crippen LogP contribution is -2.48. The smallest absolute Gasteiger partial charge is 0.228 e. The second-order valence-corrected chi connectivity index (χ2v) is 6.57. The molecule has 4 N–H and O–H groups in total. The van der Waals surface area contributed by atoms with Gasteiger partial charge in [-0.1, -0.05) is 24.6 Å². The summed E-state index contributed by atoms with van der Waals surface area (Å²) in [6.45, 7) is 3.69. The van der Waals surface area contributed by atoms with E-state index in [9.17, 15) is 4.79 Å². The Kier molecular flexibility index (Phi) is 4.92. The lowest BCUT2D eigenvalue weighted by atomic mass is 9.68. The molecule has 1 atom stereocenters. The predicted octanol–water partition coefficient (Wildman–Crippen LogP) is 1.72. The molecule has 1 aromatic rings. The number of hydrogen-bond acceptors (Lipinski definition) is 3. The number of benzene rings is 1. The summed E-state index contributed by atoms with van der Waals surface area (Å²) in [5, 5.41) is 6.20. The Balaban J connectivity index is 1.64. The zero-order chi connectivity index (χ0) is 17.0. The highest BCUT2D eigenvalue weighted by Gasteiger charge is 2.43. The number of rotatable bonds is 5. The summed E-state index contributed by atoms with van der Waals surface area (Å²) >= 11 is 0. The van der Waals surface area contributed by atoms with Gasteiger partial charge in [-0.05, 0) is 25.8 Å². The molecule has 1 aliphatic heterocycles. The zero-order valence-electron chi connectivity index (χ0n) is 14.2. The summed E-state index contributed by atoms with van der Waals surface area (Å²) in [5.41, 5.74) is 6.82. The third kappa shape index (κ3) is 3.32. The van der Waals surface area contributed by atoms with Crippen LogP contribution in [0.25, 0.3) is 0 Å². The van der Waals surface area contributed by atoms with Gasteiger partial charge < -0.3 is 21.1 Å². The molecule has 0 bridgehead atoms. The molecule has 1 saturated carbocycles. The Labute approximate surface area is 142 Å². The van der Waals surface area contributed by atoms with Crippen LogP contribution in [0.5, 0.6) is 5.75 Å². The molecule has 0 aromatic heterocycles. The summed E-state index contributed by atoms with van der Waals surface area (Å²) < 4.78 is 5.66. The van der Waals surface area contributed by atoms with Crippen molar-refractivity contribution in [3.63, 3.8) is 0 Å². The molecular formula is C18H26N4O2. The molecule has 0 saturated heterocycles. The van der Waals surface area contributed by atoms with Crippen molar-refractivity contribution in [3.05, 3.63) is 29.8 Å². The van der Waals surface area contributed by atoms with Crippen LogP contribution in [0.1, 0.15) is 44.2 Å². The van der Waals surface area contributed by atoms with E-state index < -0.39 is 0 Å². The molecule has 1 heterocycles. The first kappa shape index (κ1) is 16.6. The Hall–Kier alpha value is -2.24. The Morgan fingerprint density at radius 2 is 2.21 bits per heavy atom. The standard InChI is InChI=1S/C18H26N4O2/c1-2-20-16(23)18(9-5-10-18)12-21-17(19)22-14-8-11-24-15-7-4-3-6-13(14)15/h3-4,6-7,14H,2,5,8-12H2,1H3,(H,20,23)(H3,19,21,22). The molecule has 2 aliphatic rings. The first-order chi connectivity index (χ1) is 11.6. The van der Waals surface area contributed by atoms with E-state index in [2.05, 4.69) is 15.6 Å². The van der Waals surface area contributed by atoms with Gasteiger partial charge in [0.25, 0.3) is 0 Å². The first-order valence-corrected chi connectivity index (χ1v) is 8.71. The molecule has 24 heavy (non-hydrogen) atoms. The van der Waals surface area contributed by atoms with Crippen molar-refractivity contribution >= 4 is 11.9 Å². The van der Waals surface area contributed by atoms with Gasteiger partial charge in [-0.15, -0.1) is 0 Å². The number of amides is 1. The van der Waals surface area contributed by atoms with E-state index in [-0.39, 0.29) is 17.4 Å². The van der Waals surface area contributed by atoms with Gasteiger partial charge in [0.15, 0.2) is 5.96 Å². The Morgan fingerprint density at radius 1 is 1.42 bits per heavy atom. The van der Waals surface area contributed by atoms with Crippen molar-refractivity contribution in [1.29, 1.82) is 0 Å². The maximum Gasteiger partial charge on any atom is 0.228 e. The maximum absolute atomic E-state index is 12.3. The average molecular weight is 330 g/mol. The maximum atomic E-state index is 12.3. The van der Waals surface area contributed by atoms with Gasteiger partial charge >= 0.3 is 0 Å². The number of carbonyl (C=O) groups is 1. The number of para-hydroxylation sites is 1. The molecule has 1 unspecified atom stereocenters. The van der Waals surface area contributed by atoms with Crippen molar-refractivity contribution in [2.45, 2.75) is 38.6 Å². The number of aliphatic imine (C=N–C) groups is 1. The lowest BCUT2D eigenvalue weighted by molar-refractivity contribution is -0.135. The molecule has 6 nitrogen and oxygen atoms in total. The van der Waals surface area contributed by atoms with E-state index in [0.717, 1.165) is 37.0 Å². The van der Waals surface area contributed by atoms with Gasteiger partial charge in [-0.25, -0.2) is 0 Å². The van der Waals surface area contributed by atoms with E-state index in [4.69, 9.17) is 10.5 Å². The molecule has 130 valence electrons. The molecule has 1 aromatic carbocycles. The van der Waals surface area contributed by atoms with Crippen LogP contribution in [0.4, 0.5) is 0 Å². The third-order valence-corrected chi connectivity index (χ3v) is 4.96. The molecule has 1 amide bonds. The number of ether oxygens (including phenoxy) is 1. The fourth-order valence-corrected chi connectivity index (χ4v) is 3.36. The normalized spacial score (nSPS) is 21.9. The van der Waals surface area contributed by atoms with Gasteiger partial charge in [-0.2, -0.15) is 0 Å². The van der Waals surface area contributed by atoms with E-state index in [1.165, 1.54) is 0 Å². The number of nitrogens with one attached hydrogen (secondary N) is 2. The SMILES string of the molecule is CCNC(=O)C1(CN=C(N)NC2CCOc3ccccc32)CCC1. The minimum absolute atomic E-state index is 0.0977. The Morgan fingerprint density at radius 3 is 2.92 bits per heavy atom. The monoisotopic (exact) mass is 330 g/mol. The average Bonchev–Trinajstić information content (AvgIpc) is 2.54. The lowest BCUT2D eigenvalue weighted by Gasteiger charge is -2.39. The highest BCUT2D eigenvalue weighted by molar-refractivity contribution is 5.84. The quantitative estimate of drug-likeness (QED) is 0.566. The second kappa shape index (κ2) is 7.11. The molecule has 0 spiro atoms. The van der Waals surface area contributed by atoms with Crippen molar-refractivity contribution in [2.75, 3.05) is 19.7 Å². The van der Waals surface area contributed by atoms with Gasteiger partial charge in [0.2, 0.25) is 5.91 Å². The van der Waals surface area contributed by atoms with Gasteiger partial charge in [0, 0.05) is 18.5 Å². The minimum atomic E-state index is -0.365. The molecule has 3 rings (SSSR count). The number of nitrogens with two attached hydrogens (primary N) is 1. The van der Waals surface area contributed by atoms with E-state index in [1.54, 1.807) is 0 Å². The van der Waals surface area contributed by atoms with Crippen LogP contribution in [-0.4, -0.2) is 31.6 Å². The number of carbonyl (C=O) groups excluding carboxylic acids is 1. The van der Waals surface area contributed by atoms with Crippen molar-refractivity contribution in [2.24, 2.45) is 16.1 Å². The first-order valence-electron chi connectivity index (χ1n) is 8.71. The van der Waals surface area contributed by atoms with Crippen LogP contribution < -0.4 is 21.1 Å². The summed E-state index contributed by atoms with van der Waals surface area (Å²) in [7, 11) is 0. The van der Waals surface area contributed by atoms with E-state index >= 15 is 0 Å². The summed E-state index contributed by atoms with van der Waals surface area (Å²) in [6.07, 6.45) is 3.69. The molecule has 6 heteroatoms. The Bertz CT molecular complexity index is 625. The summed E-state index contributed by atoms with van der Waals surface area (Å²) in [6, 6.07) is 8.07. The number of nitrogens with zero attached hydrogens (tertiary/aromatic N) is 1. The van der Waals surface area contributed by atoms with E-state index in [1.807, 2.05) is 31.2 Å². The van der Waals surface area contributed by atoms with Crippen molar-refractivity contribution in [1.82, 2.24) is 10.6 Å².